The molecule has 1 aliphatic carbocycles. The van der Waals surface area contributed by atoms with Gasteiger partial charge >= 0.3 is 0 Å². The van der Waals surface area contributed by atoms with Crippen LogP contribution in [0, 0.1) is 0 Å². The molecule has 152 valence electrons. The van der Waals surface area contributed by atoms with E-state index < -0.39 is 23.0 Å². The quantitative estimate of drug-likeness (QED) is 0.607. The summed E-state index contributed by atoms with van der Waals surface area (Å²) < 4.78 is 48.3. The minimum absolute atomic E-state index is 0.282. The smallest absolute Gasteiger partial charge is 0.203 e. The van der Waals surface area contributed by atoms with Crippen LogP contribution in [0.5, 0.6) is 0 Å². The highest BCUT2D eigenvalue weighted by Crippen LogP contribution is 2.42. The van der Waals surface area contributed by atoms with Gasteiger partial charge in [-0.1, -0.05) is 24.3 Å². The van der Waals surface area contributed by atoms with Gasteiger partial charge in [-0.2, -0.15) is 0 Å². The Labute approximate surface area is 174 Å². The van der Waals surface area contributed by atoms with E-state index in [0.29, 0.717) is 34.3 Å². The third kappa shape index (κ3) is 3.27. The molecular formula is C22H17F2N3O2S. The third-order valence-electron chi connectivity index (χ3n) is 5.20. The topological polar surface area (TPSA) is 59.2 Å². The molecule has 0 bridgehead atoms. The fourth-order valence-electron chi connectivity index (χ4n) is 3.76. The molecule has 3 heterocycles. The van der Waals surface area contributed by atoms with Crippen LogP contribution in [-0.4, -0.2) is 26.9 Å². The number of nitrogens with zero attached hydrogens (tertiary/aromatic N) is 3. The van der Waals surface area contributed by atoms with Crippen LogP contribution in [0.2, 0.25) is 0 Å². The Bertz CT molecular complexity index is 1160. The van der Waals surface area contributed by atoms with Crippen LogP contribution in [-0.2, 0) is 11.0 Å². The Morgan fingerprint density at radius 2 is 2.03 bits per heavy atom. The summed E-state index contributed by atoms with van der Waals surface area (Å²) in [7, 11) is -1.47. The fourth-order valence-corrected chi connectivity index (χ4v) is 5.00. The lowest BCUT2D eigenvalue weighted by Gasteiger charge is -2.18. The van der Waals surface area contributed by atoms with Crippen molar-refractivity contribution in [1.82, 2.24) is 9.97 Å². The van der Waals surface area contributed by atoms with E-state index in [2.05, 4.69) is 9.97 Å². The van der Waals surface area contributed by atoms with Crippen LogP contribution in [0.1, 0.15) is 29.4 Å². The highest BCUT2D eigenvalue weighted by atomic mass is 32.2. The number of hydrogen-bond acceptors (Lipinski definition) is 4. The molecule has 8 heteroatoms. The zero-order chi connectivity index (χ0) is 20.7. The lowest BCUT2D eigenvalue weighted by molar-refractivity contribution is 0.371. The maximum atomic E-state index is 14.4. The summed E-state index contributed by atoms with van der Waals surface area (Å²) in [6.45, 7) is 0.359. The van der Waals surface area contributed by atoms with Crippen molar-refractivity contribution in [2.24, 2.45) is 0 Å². The SMILES string of the molecule is O=S(c1ccccc1)N1CC(c2ncco2)c2cc(C3=C(F)CC(F)C=C3)cnc21. The Morgan fingerprint density at radius 1 is 1.20 bits per heavy atom. The third-order valence-corrected chi connectivity index (χ3v) is 6.60. The molecule has 2 aliphatic rings. The second kappa shape index (κ2) is 7.60. The zero-order valence-corrected chi connectivity index (χ0v) is 16.6. The molecule has 3 unspecified atom stereocenters. The van der Waals surface area contributed by atoms with Crippen LogP contribution < -0.4 is 4.31 Å². The minimum atomic E-state index is -1.47. The summed E-state index contributed by atoms with van der Waals surface area (Å²) in [4.78, 5) is 9.43. The summed E-state index contributed by atoms with van der Waals surface area (Å²) >= 11 is 0. The van der Waals surface area contributed by atoms with Crippen molar-refractivity contribution in [3.8, 4) is 0 Å². The second-order valence-corrected chi connectivity index (χ2v) is 8.49. The summed E-state index contributed by atoms with van der Waals surface area (Å²) in [6.07, 6.45) is 5.75. The number of fused-ring (bicyclic) bond motifs is 1. The molecule has 0 saturated heterocycles. The monoisotopic (exact) mass is 425 g/mol. The van der Waals surface area contributed by atoms with Crippen LogP contribution >= 0.6 is 0 Å². The van der Waals surface area contributed by atoms with Gasteiger partial charge in [0.25, 0.3) is 0 Å². The number of oxazole rings is 1. The van der Waals surface area contributed by atoms with Gasteiger partial charge in [-0.15, -0.1) is 0 Å². The second-order valence-electron chi connectivity index (χ2n) is 7.08. The first-order chi connectivity index (χ1) is 14.6. The first kappa shape index (κ1) is 18.9. The summed E-state index contributed by atoms with van der Waals surface area (Å²) in [5.41, 5.74) is 1.60. The number of aromatic nitrogens is 2. The van der Waals surface area contributed by atoms with Crippen molar-refractivity contribution < 1.29 is 17.4 Å². The van der Waals surface area contributed by atoms with Gasteiger partial charge in [0.2, 0.25) is 5.89 Å². The summed E-state index contributed by atoms with van der Waals surface area (Å²) in [5, 5.41) is 0. The molecule has 3 atom stereocenters. The molecule has 0 radical (unpaired) electrons. The highest BCUT2D eigenvalue weighted by molar-refractivity contribution is 7.86. The number of halogens is 2. The summed E-state index contributed by atoms with van der Waals surface area (Å²) in [5.74, 6) is 0.191. The largest absolute Gasteiger partial charge is 0.448 e. The van der Waals surface area contributed by atoms with E-state index in [9.17, 15) is 13.0 Å². The fraction of sp³-hybridized carbons (Fsp3) is 0.182. The van der Waals surface area contributed by atoms with Gasteiger partial charge in [-0.25, -0.2) is 23.0 Å². The molecular weight excluding hydrogens is 408 g/mol. The predicted octanol–water partition coefficient (Wildman–Crippen LogP) is 4.72. The minimum Gasteiger partial charge on any atom is -0.448 e. The van der Waals surface area contributed by atoms with Gasteiger partial charge in [-0.05, 0) is 24.3 Å². The maximum Gasteiger partial charge on any atom is 0.203 e. The number of anilines is 1. The molecule has 0 fully saturated rings. The molecule has 3 aromatic rings. The van der Waals surface area contributed by atoms with Crippen molar-refractivity contribution in [2.45, 2.75) is 23.4 Å². The van der Waals surface area contributed by atoms with E-state index in [4.69, 9.17) is 4.42 Å². The molecule has 1 aromatic carbocycles. The van der Waals surface area contributed by atoms with E-state index in [1.165, 1.54) is 24.6 Å². The Kier molecular flexibility index (Phi) is 4.78. The van der Waals surface area contributed by atoms with Crippen molar-refractivity contribution in [3.63, 3.8) is 0 Å². The normalized spacial score (nSPS) is 21.7. The standard InChI is InChI=1S/C22H17F2N3O2S/c23-15-6-7-17(20(24)11-15)14-10-18-19(22-25-8-9-29-22)13-27(21(18)26-12-14)30(28)16-4-2-1-3-5-16/h1-10,12,15,19H,11,13H2. The molecule has 5 nitrogen and oxygen atoms in total. The molecule has 1 aliphatic heterocycles. The van der Waals surface area contributed by atoms with Crippen molar-refractivity contribution in [2.75, 3.05) is 10.8 Å². The van der Waals surface area contributed by atoms with Crippen molar-refractivity contribution >= 4 is 22.4 Å². The number of alkyl halides is 1. The number of benzene rings is 1. The number of hydrogen-bond donors (Lipinski definition) is 0. The van der Waals surface area contributed by atoms with Gasteiger partial charge < -0.3 is 4.42 Å². The predicted molar refractivity (Wildman–Crippen MR) is 109 cm³/mol. The first-order valence-electron chi connectivity index (χ1n) is 9.47. The molecule has 0 spiro atoms. The van der Waals surface area contributed by atoms with Crippen LogP contribution in [0.4, 0.5) is 14.6 Å². The van der Waals surface area contributed by atoms with Gasteiger partial charge in [0.15, 0.2) is 11.0 Å². The molecule has 30 heavy (non-hydrogen) atoms. The molecule has 0 N–H and O–H groups in total. The Morgan fingerprint density at radius 3 is 2.77 bits per heavy atom. The average molecular weight is 425 g/mol. The van der Waals surface area contributed by atoms with Gasteiger partial charge in [0, 0.05) is 35.9 Å². The van der Waals surface area contributed by atoms with Gasteiger partial charge in [0.05, 0.1) is 17.0 Å². The highest BCUT2D eigenvalue weighted by Gasteiger charge is 2.37. The first-order valence-corrected chi connectivity index (χ1v) is 10.6. The molecule has 2 aromatic heterocycles. The van der Waals surface area contributed by atoms with Crippen LogP contribution in [0.25, 0.3) is 5.57 Å². The van der Waals surface area contributed by atoms with E-state index >= 15 is 0 Å². The van der Waals surface area contributed by atoms with Crippen LogP contribution in [0.3, 0.4) is 0 Å². The van der Waals surface area contributed by atoms with Crippen molar-refractivity contribution in [1.29, 1.82) is 0 Å². The molecule has 5 rings (SSSR count). The lowest BCUT2D eigenvalue weighted by Crippen LogP contribution is -2.25. The van der Waals surface area contributed by atoms with Crippen LogP contribution in [0.15, 0.2) is 82.3 Å². The van der Waals surface area contributed by atoms with Crippen molar-refractivity contribution in [3.05, 3.63) is 90.1 Å². The number of pyridine rings is 1. The summed E-state index contributed by atoms with van der Waals surface area (Å²) in [6, 6.07) is 10.9. The van der Waals surface area contributed by atoms with Gasteiger partial charge in [0.1, 0.15) is 24.1 Å². The number of rotatable bonds is 4. The Balaban J connectivity index is 1.58. The molecule has 0 saturated carbocycles. The molecule has 0 amide bonds. The van der Waals surface area contributed by atoms with E-state index in [0.717, 1.165) is 5.56 Å². The van der Waals surface area contributed by atoms with E-state index in [1.807, 2.05) is 18.2 Å². The maximum absolute atomic E-state index is 14.4. The van der Waals surface area contributed by atoms with E-state index in [1.54, 1.807) is 28.7 Å². The zero-order valence-electron chi connectivity index (χ0n) is 15.7. The Hall–Kier alpha value is -3.13. The average Bonchev–Trinajstić information content (AvgIpc) is 3.41. The van der Waals surface area contributed by atoms with Gasteiger partial charge in [-0.3, -0.25) is 4.31 Å². The lowest BCUT2D eigenvalue weighted by atomic mass is 9.95. The van der Waals surface area contributed by atoms with E-state index in [-0.39, 0.29) is 12.3 Å². The number of allylic oxidation sites excluding steroid dienone is 4.